The first-order chi connectivity index (χ1) is 11.9. The number of nitro benzene ring substituents is 1. The highest BCUT2D eigenvalue weighted by atomic mass is 35.5. The molecule has 0 unspecified atom stereocenters. The van der Waals surface area contributed by atoms with Crippen LogP contribution in [0.4, 0.5) is 5.69 Å². The lowest BCUT2D eigenvalue weighted by Crippen LogP contribution is -1.97. The van der Waals surface area contributed by atoms with E-state index in [1.54, 1.807) is 24.3 Å². The van der Waals surface area contributed by atoms with Crippen LogP contribution in [0.2, 0.25) is 5.02 Å². The predicted molar refractivity (Wildman–Crippen MR) is 91.0 cm³/mol. The molecule has 3 aromatic rings. The monoisotopic (exact) mass is 376 g/mol. The van der Waals surface area contributed by atoms with Crippen molar-refractivity contribution >= 4 is 40.0 Å². The van der Waals surface area contributed by atoms with Crippen LogP contribution in [0.15, 0.2) is 47.0 Å². The van der Waals surface area contributed by atoms with Crippen LogP contribution >= 0.6 is 23.2 Å². The van der Waals surface area contributed by atoms with Gasteiger partial charge in [0.05, 0.1) is 4.92 Å². The number of hydrogen-bond acceptors (Lipinski definition) is 6. The largest absolute Gasteiger partial charge is 0.868 e. The topological polar surface area (TPSA) is 105 Å². The highest BCUT2D eigenvalue weighted by molar-refractivity contribution is 6.50. The zero-order valence-electron chi connectivity index (χ0n) is 12.3. The Morgan fingerprint density at radius 2 is 2.04 bits per heavy atom. The zero-order chi connectivity index (χ0) is 18.0. The molecule has 0 saturated carbocycles. The van der Waals surface area contributed by atoms with Gasteiger partial charge in [0.2, 0.25) is 5.82 Å². The molecule has 0 aliphatic heterocycles. The van der Waals surface area contributed by atoms with Gasteiger partial charge in [-0.2, -0.15) is 4.98 Å². The van der Waals surface area contributed by atoms with Crippen LogP contribution in [0.1, 0.15) is 11.5 Å². The summed E-state index contributed by atoms with van der Waals surface area (Å²) in [4.78, 5) is 14.2. The van der Waals surface area contributed by atoms with Crippen molar-refractivity contribution in [1.82, 2.24) is 10.1 Å². The smallest absolute Gasteiger partial charge is 0.269 e. The quantitative estimate of drug-likeness (QED) is 0.501. The van der Waals surface area contributed by atoms with Crippen LogP contribution in [0.3, 0.4) is 0 Å². The lowest BCUT2D eigenvalue weighted by Gasteiger charge is -2.06. The van der Waals surface area contributed by atoms with E-state index in [9.17, 15) is 15.2 Å². The van der Waals surface area contributed by atoms with Gasteiger partial charge in [0.1, 0.15) is 5.03 Å². The molecule has 1 heterocycles. The molecule has 0 bridgehead atoms. The second-order valence-electron chi connectivity index (χ2n) is 4.91. The Kier molecular flexibility index (Phi) is 4.69. The molecule has 0 saturated heterocycles. The summed E-state index contributed by atoms with van der Waals surface area (Å²) in [6, 6.07) is 10.5. The number of nitrogens with zero attached hydrogens (tertiary/aromatic N) is 3. The van der Waals surface area contributed by atoms with E-state index >= 15 is 0 Å². The molecule has 0 amide bonds. The van der Waals surface area contributed by atoms with Crippen LogP contribution in [0, 0.1) is 10.1 Å². The highest BCUT2D eigenvalue weighted by Gasteiger charge is 2.13. The van der Waals surface area contributed by atoms with Crippen molar-refractivity contribution < 1.29 is 14.6 Å². The van der Waals surface area contributed by atoms with Gasteiger partial charge in [-0.15, -0.1) is 0 Å². The first-order valence-corrected chi connectivity index (χ1v) is 7.62. The van der Waals surface area contributed by atoms with Crippen molar-refractivity contribution in [2.75, 3.05) is 0 Å². The van der Waals surface area contributed by atoms with E-state index in [4.69, 9.17) is 27.7 Å². The molecular formula is C16H8Cl2N3O4-. The Morgan fingerprint density at radius 3 is 2.76 bits per heavy atom. The van der Waals surface area contributed by atoms with E-state index < -0.39 is 16.4 Å². The second kappa shape index (κ2) is 6.92. The van der Waals surface area contributed by atoms with Crippen LogP contribution in [0.25, 0.3) is 22.5 Å². The van der Waals surface area contributed by atoms with E-state index in [2.05, 4.69) is 10.1 Å². The molecule has 3 rings (SSSR count). The first-order valence-electron chi connectivity index (χ1n) is 6.87. The van der Waals surface area contributed by atoms with E-state index in [-0.39, 0.29) is 10.9 Å². The maximum Gasteiger partial charge on any atom is 0.269 e. The summed E-state index contributed by atoms with van der Waals surface area (Å²) in [5.41, 5.74) is 0.473. The summed E-state index contributed by atoms with van der Waals surface area (Å²) < 4.78 is 5.09. The molecule has 126 valence electrons. The second-order valence-corrected chi connectivity index (χ2v) is 5.75. The van der Waals surface area contributed by atoms with Crippen molar-refractivity contribution in [2.45, 2.75) is 0 Å². The fourth-order valence-electron chi connectivity index (χ4n) is 2.04. The molecule has 0 fully saturated rings. The minimum absolute atomic E-state index is 0.0329. The molecule has 9 heteroatoms. The molecule has 0 aliphatic carbocycles. The molecule has 2 aromatic carbocycles. The zero-order valence-corrected chi connectivity index (χ0v) is 13.9. The predicted octanol–water partition coefficient (Wildman–Crippen LogP) is 4.11. The molecule has 0 spiro atoms. The third-order valence-corrected chi connectivity index (χ3v) is 3.69. The molecule has 0 N–H and O–H groups in total. The van der Waals surface area contributed by atoms with Gasteiger partial charge >= 0.3 is 0 Å². The fraction of sp³-hybridized carbons (Fsp3) is 0. The van der Waals surface area contributed by atoms with Gasteiger partial charge in [-0.1, -0.05) is 52.6 Å². The number of aromatic nitrogens is 2. The van der Waals surface area contributed by atoms with Crippen molar-refractivity contribution in [3.05, 3.63) is 69.1 Å². The normalized spacial score (nSPS) is 11.5. The molecular weight excluding hydrogens is 369 g/mol. The van der Waals surface area contributed by atoms with Gasteiger partial charge in [-0.3, -0.25) is 10.1 Å². The van der Waals surface area contributed by atoms with Crippen molar-refractivity contribution in [2.24, 2.45) is 0 Å². The lowest BCUT2D eigenvalue weighted by atomic mass is 10.1. The van der Waals surface area contributed by atoms with Crippen LogP contribution in [0.5, 0.6) is 5.75 Å². The lowest BCUT2D eigenvalue weighted by molar-refractivity contribution is -0.398. The van der Waals surface area contributed by atoms with E-state index in [1.807, 2.05) is 0 Å². The Bertz CT molecular complexity index is 985. The maximum atomic E-state index is 11.4. The van der Waals surface area contributed by atoms with Crippen molar-refractivity contribution in [3.8, 4) is 17.1 Å². The molecule has 0 aliphatic rings. The van der Waals surface area contributed by atoms with Gasteiger partial charge in [0.25, 0.3) is 11.6 Å². The number of rotatable bonds is 4. The van der Waals surface area contributed by atoms with Crippen molar-refractivity contribution in [1.29, 1.82) is 0 Å². The van der Waals surface area contributed by atoms with Crippen LogP contribution in [-0.4, -0.2) is 15.1 Å². The fourth-order valence-corrected chi connectivity index (χ4v) is 2.43. The Balaban J connectivity index is 1.91. The SMILES string of the molecule is O=[N+]([O-])c1cc(/C=C(\Cl)c2nc(-c3cccc(Cl)c3)no2)ccc1[O-]. The summed E-state index contributed by atoms with van der Waals surface area (Å²) >= 11 is 12.1. The summed E-state index contributed by atoms with van der Waals surface area (Å²) in [6.45, 7) is 0. The van der Waals surface area contributed by atoms with E-state index in [1.165, 1.54) is 12.1 Å². The average molecular weight is 377 g/mol. The minimum Gasteiger partial charge on any atom is -0.868 e. The third kappa shape index (κ3) is 3.78. The highest BCUT2D eigenvalue weighted by Crippen LogP contribution is 2.28. The summed E-state index contributed by atoms with van der Waals surface area (Å²) in [5.74, 6) is -0.352. The van der Waals surface area contributed by atoms with Gasteiger partial charge in [0, 0.05) is 16.7 Å². The molecule has 0 atom stereocenters. The number of benzene rings is 2. The van der Waals surface area contributed by atoms with E-state index in [0.717, 1.165) is 12.1 Å². The van der Waals surface area contributed by atoms with Crippen molar-refractivity contribution in [3.63, 3.8) is 0 Å². The standard InChI is InChI=1S/C16H9Cl2N3O4/c17-11-3-1-2-10(8-11)15-19-16(25-20-15)12(18)6-9-4-5-14(22)13(7-9)21(23)24/h1-8,22H/p-1/b12-6-. The van der Waals surface area contributed by atoms with Gasteiger partial charge < -0.3 is 9.63 Å². The van der Waals surface area contributed by atoms with Gasteiger partial charge in [0.15, 0.2) is 0 Å². The minimum atomic E-state index is -0.752. The molecule has 25 heavy (non-hydrogen) atoms. The number of halogens is 2. The molecule has 1 aromatic heterocycles. The Hall–Kier alpha value is -2.90. The third-order valence-electron chi connectivity index (χ3n) is 3.19. The number of nitro groups is 1. The van der Waals surface area contributed by atoms with E-state index in [0.29, 0.717) is 22.0 Å². The molecule has 0 radical (unpaired) electrons. The summed E-state index contributed by atoms with van der Waals surface area (Å²) in [6.07, 6.45) is 1.39. The first kappa shape index (κ1) is 16.9. The maximum absolute atomic E-state index is 11.4. The van der Waals surface area contributed by atoms with Gasteiger partial charge in [-0.25, -0.2) is 0 Å². The van der Waals surface area contributed by atoms with Gasteiger partial charge in [-0.05, 0) is 29.5 Å². The number of hydrogen-bond donors (Lipinski definition) is 0. The molecule has 7 nitrogen and oxygen atoms in total. The summed E-state index contributed by atoms with van der Waals surface area (Å²) in [5, 5.41) is 26.7. The average Bonchev–Trinajstić information content (AvgIpc) is 3.06. The Morgan fingerprint density at radius 1 is 1.24 bits per heavy atom. The summed E-state index contributed by atoms with van der Waals surface area (Å²) in [7, 11) is 0. The Labute approximate surface area is 151 Å². The van der Waals surface area contributed by atoms with Crippen LogP contribution in [-0.2, 0) is 0 Å². The van der Waals surface area contributed by atoms with Crippen LogP contribution < -0.4 is 5.11 Å².